The van der Waals surface area contributed by atoms with Crippen molar-refractivity contribution < 1.29 is 0 Å². The van der Waals surface area contributed by atoms with Crippen LogP contribution in [0.15, 0.2) is 36.1 Å². The van der Waals surface area contributed by atoms with Crippen LogP contribution in [0.3, 0.4) is 0 Å². The van der Waals surface area contributed by atoms with Crippen LogP contribution in [0.2, 0.25) is 0 Å². The first-order valence-electron chi connectivity index (χ1n) is 6.40. The predicted molar refractivity (Wildman–Crippen MR) is 66.7 cm³/mol. The average molecular weight is 216 g/mol. The van der Waals surface area contributed by atoms with E-state index in [0.29, 0.717) is 11.8 Å². The Hall–Kier alpha value is -1.02. The van der Waals surface area contributed by atoms with Gasteiger partial charge in [0.1, 0.15) is 0 Å². The van der Waals surface area contributed by atoms with Crippen LogP contribution in [-0.4, -0.2) is 24.5 Å². The van der Waals surface area contributed by atoms with Gasteiger partial charge >= 0.3 is 0 Å². The number of fused-ring (bicyclic) bond motifs is 3. The SMILES string of the molecule is NCC1C=C2C3C=CC=CC3CCN2CC1. The average Bonchev–Trinajstić information content (AvgIpc) is 2.38. The van der Waals surface area contributed by atoms with Gasteiger partial charge in [-0.25, -0.2) is 0 Å². The molecule has 0 saturated carbocycles. The molecule has 0 aromatic heterocycles. The molecule has 3 aliphatic rings. The van der Waals surface area contributed by atoms with Crippen molar-refractivity contribution in [1.82, 2.24) is 4.90 Å². The van der Waals surface area contributed by atoms with Gasteiger partial charge in [0.2, 0.25) is 0 Å². The molecule has 2 N–H and O–H groups in total. The van der Waals surface area contributed by atoms with E-state index in [-0.39, 0.29) is 0 Å². The van der Waals surface area contributed by atoms with Crippen molar-refractivity contribution in [2.24, 2.45) is 23.5 Å². The molecule has 0 radical (unpaired) electrons. The summed E-state index contributed by atoms with van der Waals surface area (Å²) in [6, 6.07) is 0. The van der Waals surface area contributed by atoms with Crippen molar-refractivity contribution in [2.45, 2.75) is 12.8 Å². The molecule has 0 aromatic rings. The van der Waals surface area contributed by atoms with Gasteiger partial charge in [-0.15, -0.1) is 0 Å². The quantitative estimate of drug-likeness (QED) is 0.725. The van der Waals surface area contributed by atoms with Crippen LogP contribution in [0.5, 0.6) is 0 Å². The highest BCUT2D eigenvalue weighted by Crippen LogP contribution is 2.38. The van der Waals surface area contributed by atoms with Crippen molar-refractivity contribution in [3.63, 3.8) is 0 Å². The van der Waals surface area contributed by atoms with E-state index in [2.05, 4.69) is 35.3 Å². The third-order valence-corrected chi connectivity index (χ3v) is 4.17. The first-order valence-corrected chi connectivity index (χ1v) is 6.40. The molecule has 2 heteroatoms. The van der Waals surface area contributed by atoms with Crippen molar-refractivity contribution in [2.75, 3.05) is 19.6 Å². The summed E-state index contributed by atoms with van der Waals surface area (Å²) in [4.78, 5) is 2.57. The summed E-state index contributed by atoms with van der Waals surface area (Å²) in [5.74, 6) is 1.95. The fourth-order valence-corrected chi connectivity index (χ4v) is 3.18. The number of allylic oxidation sites excluding steroid dienone is 4. The summed E-state index contributed by atoms with van der Waals surface area (Å²) >= 11 is 0. The number of hydrogen-bond donors (Lipinski definition) is 1. The molecule has 3 atom stereocenters. The monoisotopic (exact) mass is 216 g/mol. The van der Waals surface area contributed by atoms with Crippen molar-refractivity contribution in [3.8, 4) is 0 Å². The van der Waals surface area contributed by atoms with Crippen LogP contribution < -0.4 is 5.73 Å². The lowest BCUT2D eigenvalue weighted by atomic mass is 9.77. The maximum Gasteiger partial charge on any atom is 0.0232 e. The number of nitrogens with zero attached hydrogens (tertiary/aromatic N) is 1. The standard InChI is InChI=1S/C14H20N2/c15-10-11-5-7-16-8-6-12-3-1-2-4-13(12)14(16)9-11/h1-4,9,11-13H,5-8,10,15H2. The molecule has 86 valence electrons. The Balaban J connectivity index is 1.89. The Kier molecular flexibility index (Phi) is 2.60. The Labute approximate surface area is 97.5 Å². The fraction of sp³-hybridized carbons (Fsp3) is 0.571. The van der Waals surface area contributed by atoms with E-state index >= 15 is 0 Å². The maximum atomic E-state index is 5.80. The van der Waals surface area contributed by atoms with Gasteiger partial charge in [-0.05, 0) is 31.2 Å². The second-order valence-electron chi connectivity index (χ2n) is 5.11. The lowest BCUT2D eigenvalue weighted by Crippen LogP contribution is -2.42. The molecule has 3 unspecified atom stereocenters. The molecule has 0 amide bonds. The number of rotatable bonds is 1. The van der Waals surface area contributed by atoms with Gasteiger partial charge in [-0.3, -0.25) is 0 Å². The van der Waals surface area contributed by atoms with E-state index in [1.165, 1.54) is 25.9 Å². The highest BCUT2D eigenvalue weighted by Gasteiger charge is 2.33. The number of hydrogen-bond acceptors (Lipinski definition) is 2. The molecule has 3 rings (SSSR count). The van der Waals surface area contributed by atoms with E-state index in [1.54, 1.807) is 5.70 Å². The second-order valence-corrected chi connectivity index (χ2v) is 5.11. The van der Waals surface area contributed by atoms with E-state index in [0.717, 1.165) is 12.5 Å². The summed E-state index contributed by atoms with van der Waals surface area (Å²) in [5, 5.41) is 0. The zero-order valence-corrected chi connectivity index (χ0v) is 9.68. The Bertz CT molecular complexity index is 354. The summed E-state index contributed by atoms with van der Waals surface area (Å²) in [6.07, 6.45) is 14.1. The third kappa shape index (κ3) is 1.61. The Morgan fingerprint density at radius 2 is 2.00 bits per heavy atom. The van der Waals surface area contributed by atoms with Crippen LogP contribution in [0, 0.1) is 17.8 Å². The minimum Gasteiger partial charge on any atom is -0.375 e. The third-order valence-electron chi connectivity index (χ3n) is 4.17. The molecular weight excluding hydrogens is 196 g/mol. The van der Waals surface area contributed by atoms with Gasteiger partial charge in [0.25, 0.3) is 0 Å². The van der Waals surface area contributed by atoms with Crippen LogP contribution >= 0.6 is 0 Å². The number of nitrogens with two attached hydrogens (primary N) is 1. The van der Waals surface area contributed by atoms with Crippen LogP contribution in [0.4, 0.5) is 0 Å². The lowest BCUT2D eigenvalue weighted by Gasteiger charge is -2.44. The zero-order valence-electron chi connectivity index (χ0n) is 9.68. The summed E-state index contributed by atoms with van der Waals surface area (Å²) in [5.41, 5.74) is 7.34. The van der Waals surface area contributed by atoms with Gasteiger partial charge in [0.15, 0.2) is 0 Å². The second kappa shape index (κ2) is 4.10. The molecule has 0 bridgehead atoms. The summed E-state index contributed by atoms with van der Waals surface area (Å²) < 4.78 is 0. The molecule has 0 aromatic carbocycles. The Morgan fingerprint density at radius 3 is 2.88 bits per heavy atom. The van der Waals surface area contributed by atoms with E-state index < -0.39 is 0 Å². The van der Waals surface area contributed by atoms with Crippen molar-refractivity contribution >= 4 is 0 Å². The minimum atomic E-state index is 0.601. The molecule has 0 spiro atoms. The highest BCUT2D eigenvalue weighted by atomic mass is 15.2. The zero-order chi connectivity index (χ0) is 11.0. The minimum absolute atomic E-state index is 0.601. The first kappa shape index (κ1) is 10.2. The molecule has 1 aliphatic carbocycles. The number of piperidine rings is 1. The summed E-state index contributed by atoms with van der Waals surface area (Å²) in [7, 11) is 0. The molecule has 1 fully saturated rings. The van der Waals surface area contributed by atoms with Crippen LogP contribution in [-0.2, 0) is 0 Å². The first-order chi connectivity index (χ1) is 7.88. The molecule has 1 saturated heterocycles. The molecule has 2 nitrogen and oxygen atoms in total. The maximum absolute atomic E-state index is 5.80. The van der Waals surface area contributed by atoms with Crippen molar-refractivity contribution in [3.05, 3.63) is 36.1 Å². The molecule has 2 heterocycles. The normalized spacial score (nSPS) is 36.7. The van der Waals surface area contributed by atoms with Gasteiger partial charge in [-0.1, -0.05) is 30.4 Å². The summed E-state index contributed by atoms with van der Waals surface area (Å²) in [6.45, 7) is 3.23. The topological polar surface area (TPSA) is 29.3 Å². The van der Waals surface area contributed by atoms with Gasteiger partial charge in [0.05, 0.1) is 0 Å². The van der Waals surface area contributed by atoms with Gasteiger partial charge in [0, 0.05) is 24.7 Å². The van der Waals surface area contributed by atoms with Crippen LogP contribution in [0.25, 0.3) is 0 Å². The van der Waals surface area contributed by atoms with Crippen molar-refractivity contribution in [1.29, 1.82) is 0 Å². The van der Waals surface area contributed by atoms with Gasteiger partial charge < -0.3 is 10.6 Å². The van der Waals surface area contributed by atoms with E-state index in [9.17, 15) is 0 Å². The smallest absolute Gasteiger partial charge is 0.0232 e. The van der Waals surface area contributed by atoms with E-state index in [1.807, 2.05) is 0 Å². The van der Waals surface area contributed by atoms with Gasteiger partial charge in [-0.2, -0.15) is 0 Å². The predicted octanol–water partition coefficient (Wildman–Crippen LogP) is 1.91. The highest BCUT2D eigenvalue weighted by molar-refractivity contribution is 5.27. The lowest BCUT2D eigenvalue weighted by molar-refractivity contribution is 0.200. The largest absolute Gasteiger partial charge is 0.375 e. The van der Waals surface area contributed by atoms with E-state index in [4.69, 9.17) is 5.73 Å². The molecular formula is C14H20N2. The van der Waals surface area contributed by atoms with Crippen LogP contribution in [0.1, 0.15) is 12.8 Å². The molecule has 16 heavy (non-hydrogen) atoms. The molecule has 2 aliphatic heterocycles. The fourth-order valence-electron chi connectivity index (χ4n) is 3.18. The Morgan fingerprint density at radius 1 is 1.19 bits per heavy atom.